The molecule has 0 heterocycles. The van der Waals surface area contributed by atoms with Gasteiger partial charge < -0.3 is 9.84 Å². The van der Waals surface area contributed by atoms with Crippen LogP contribution < -0.4 is 0 Å². The predicted molar refractivity (Wildman–Crippen MR) is 41.7 cm³/mol. The minimum Gasteiger partial charge on any atom is -0.496 e. The predicted octanol–water partition coefficient (Wildman–Crippen LogP) is 1.70. The van der Waals surface area contributed by atoms with Crippen LogP contribution in [0, 0.1) is 0 Å². The highest BCUT2D eigenvalue weighted by molar-refractivity contribution is 4.89. The molecule has 1 N–H and O–H groups in total. The zero-order chi connectivity index (χ0) is 7.82. The van der Waals surface area contributed by atoms with Crippen LogP contribution in [0.3, 0.4) is 0 Å². The van der Waals surface area contributed by atoms with Crippen LogP contribution in [0.25, 0.3) is 0 Å². The van der Waals surface area contributed by atoms with Crippen molar-refractivity contribution >= 4 is 0 Å². The molecule has 0 rings (SSSR count). The summed E-state index contributed by atoms with van der Waals surface area (Å²) in [7, 11) is 0. The minimum atomic E-state index is 0.0983. The summed E-state index contributed by atoms with van der Waals surface area (Å²) in [5.74, 6) is 0.983. The van der Waals surface area contributed by atoms with E-state index in [2.05, 4.69) is 6.92 Å². The quantitative estimate of drug-likeness (QED) is 0.595. The van der Waals surface area contributed by atoms with Gasteiger partial charge >= 0.3 is 0 Å². The molecule has 0 radical (unpaired) electrons. The summed E-state index contributed by atoms with van der Waals surface area (Å²) in [6, 6.07) is 0. The Morgan fingerprint density at radius 1 is 1.60 bits per heavy atom. The Bertz CT molecular complexity index is 97.4. The van der Waals surface area contributed by atoms with Crippen molar-refractivity contribution in [3.63, 3.8) is 0 Å². The molecule has 0 spiro atoms. The Morgan fingerprint density at radius 3 is 2.70 bits per heavy atom. The van der Waals surface area contributed by atoms with Gasteiger partial charge in [0.2, 0.25) is 0 Å². The first-order valence-corrected chi connectivity index (χ1v) is 3.74. The van der Waals surface area contributed by atoms with Crippen LogP contribution in [0.5, 0.6) is 0 Å². The first kappa shape index (κ1) is 9.50. The molecule has 2 heteroatoms. The van der Waals surface area contributed by atoms with E-state index in [4.69, 9.17) is 9.84 Å². The third-order valence-corrected chi connectivity index (χ3v) is 1.20. The fourth-order valence-corrected chi connectivity index (χ4v) is 0.723. The van der Waals surface area contributed by atoms with Crippen LogP contribution in [-0.2, 0) is 4.74 Å². The van der Waals surface area contributed by atoms with E-state index in [0.717, 1.165) is 18.6 Å². The van der Waals surface area contributed by atoms with Gasteiger partial charge in [-0.3, -0.25) is 0 Å². The van der Waals surface area contributed by atoms with Crippen molar-refractivity contribution in [2.24, 2.45) is 0 Å². The Morgan fingerprint density at radius 2 is 2.30 bits per heavy atom. The second-order valence-electron chi connectivity index (χ2n) is 2.08. The molecule has 0 fully saturated rings. The summed E-state index contributed by atoms with van der Waals surface area (Å²) in [6.45, 7) is 4.56. The van der Waals surface area contributed by atoms with Crippen molar-refractivity contribution in [1.29, 1.82) is 0 Å². The molecule has 0 aromatic rings. The SMILES string of the molecule is CC=C(CCC)OCCO. The number of hydrogen-bond acceptors (Lipinski definition) is 2. The highest BCUT2D eigenvalue weighted by Crippen LogP contribution is 2.04. The van der Waals surface area contributed by atoms with Gasteiger partial charge in [0.15, 0.2) is 0 Å². The fraction of sp³-hybridized carbons (Fsp3) is 0.750. The number of aliphatic hydroxyl groups is 1. The van der Waals surface area contributed by atoms with Crippen molar-refractivity contribution in [3.05, 3.63) is 11.8 Å². The summed E-state index contributed by atoms with van der Waals surface area (Å²) in [5, 5.41) is 8.43. The average Bonchev–Trinajstić information content (AvgIpc) is 1.98. The summed E-state index contributed by atoms with van der Waals surface area (Å²) in [4.78, 5) is 0. The smallest absolute Gasteiger partial charge is 0.111 e. The van der Waals surface area contributed by atoms with Gasteiger partial charge in [0.05, 0.1) is 12.4 Å². The van der Waals surface area contributed by atoms with Crippen molar-refractivity contribution in [2.45, 2.75) is 26.7 Å². The van der Waals surface area contributed by atoms with Gasteiger partial charge in [0.1, 0.15) is 6.61 Å². The molecule has 0 aliphatic carbocycles. The molecule has 10 heavy (non-hydrogen) atoms. The maximum atomic E-state index is 8.43. The standard InChI is InChI=1S/C8H16O2/c1-3-5-8(4-2)10-7-6-9/h4,9H,3,5-7H2,1-2H3. The first-order chi connectivity index (χ1) is 4.85. The molecule has 0 aromatic carbocycles. The molecule has 0 saturated heterocycles. The zero-order valence-corrected chi connectivity index (χ0v) is 6.76. The van der Waals surface area contributed by atoms with Crippen LogP contribution in [0.4, 0.5) is 0 Å². The van der Waals surface area contributed by atoms with Crippen LogP contribution in [-0.4, -0.2) is 18.3 Å². The lowest BCUT2D eigenvalue weighted by Crippen LogP contribution is -1.98. The first-order valence-electron chi connectivity index (χ1n) is 3.74. The summed E-state index contributed by atoms with van der Waals surface area (Å²) >= 11 is 0. The number of hydrogen-bond donors (Lipinski definition) is 1. The third kappa shape index (κ3) is 4.39. The van der Waals surface area contributed by atoms with Crippen LogP contribution in [0.1, 0.15) is 26.7 Å². The fourth-order valence-electron chi connectivity index (χ4n) is 0.723. The van der Waals surface area contributed by atoms with Gasteiger partial charge in [-0.2, -0.15) is 0 Å². The Labute approximate surface area is 62.5 Å². The van der Waals surface area contributed by atoms with E-state index in [1.54, 1.807) is 0 Å². The lowest BCUT2D eigenvalue weighted by Gasteiger charge is -2.06. The molecule has 0 saturated carbocycles. The molecule has 2 nitrogen and oxygen atoms in total. The highest BCUT2D eigenvalue weighted by atomic mass is 16.5. The molecule has 0 unspecified atom stereocenters. The van der Waals surface area contributed by atoms with Gasteiger partial charge in [0.25, 0.3) is 0 Å². The maximum absolute atomic E-state index is 8.43. The van der Waals surface area contributed by atoms with E-state index < -0.39 is 0 Å². The molecule has 0 bridgehead atoms. The van der Waals surface area contributed by atoms with Crippen LogP contribution in [0.15, 0.2) is 11.8 Å². The van der Waals surface area contributed by atoms with Gasteiger partial charge in [-0.1, -0.05) is 6.92 Å². The van der Waals surface area contributed by atoms with E-state index in [9.17, 15) is 0 Å². The number of ether oxygens (including phenoxy) is 1. The van der Waals surface area contributed by atoms with E-state index in [-0.39, 0.29) is 6.61 Å². The van der Waals surface area contributed by atoms with Crippen molar-refractivity contribution in [3.8, 4) is 0 Å². The van der Waals surface area contributed by atoms with Crippen molar-refractivity contribution in [2.75, 3.05) is 13.2 Å². The Kier molecular flexibility index (Phi) is 6.29. The number of rotatable bonds is 5. The summed E-state index contributed by atoms with van der Waals surface area (Å²) in [6.07, 6.45) is 4.00. The summed E-state index contributed by atoms with van der Waals surface area (Å²) in [5.41, 5.74) is 0. The van der Waals surface area contributed by atoms with Gasteiger partial charge in [-0.25, -0.2) is 0 Å². The zero-order valence-electron chi connectivity index (χ0n) is 6.76. The third-order valence-electron chi connectivity index (χ3n) is 1.20. The van der Waals surface area contributed by atoms with Crippen LogP contribution in [0.2, 0.25) is 0 Å². The largest absolute Gasteiger partial charge is 0.496 e. The van der Waals surface area contributed by atoms with E-state index in [0.29, 0.717) is 6.61 Å². The molecule has 0 aliphatic rings. The molecule has 0 aliphatic heterocycles. The van der Waals surface area contributed by atoms with Gasteiger partial charge in [-0.15, -0.1) is 0 Å². The van der Waals surface area contributed by atoms with Gasteiger partial charge in [0, 0.05) is 6.42 Å². The van der Waals surface area contributed by atoms with Crippen molar-refractivity contribution < 1.29 is 9.84 Å². The molecule has 0 amide bonds. The number of aliphatic hydroxyl groups excluding tert-OH is 1. The normalized spacial score (nSPS) is 11.7. The van der Waals surface area contributed by atoms with E-state index >= 15 is 0 Å². The molecule has 0 aromatic heterocycles. The second kappa shape index (κ2) is 6.62. The van der Waals surface area contributed by atoms with Crippen LogP contribution >= 0.6 is 0 Å². The highest BCUT2D eigenvalue weighted by Gasteiger charge is 1.92. The lowest BCUT2D eigenvalue weighted by atomic mass is 10.3. The molecule has 0 atom stereocenters. The maximum Gasteiger partial charge on any atom is 0.111 e. The number of allylic oxidation sites excluding steroid dienone is 2. The topological polar surface area (TPSA) is 29.5 Å². The van der Waals surface area contributed by atoms with E-state index in [1.807, 2.05) is 13.0 Å². The van der Waals surface area contributed by atoms with Crippen molar-refractivity contribution in [1.82, 2.24) is 0 Å². The second-order valence-corrected chi connectivity index (χ2v) is 2.08. The summed E-state index contributed by atoms with van der Waals surface area (Å²) < 4.78 is 5.19. The molecular weight excluding hydrogens is 128 g/mol. The minimum absolute atomic E-state index is 0.0983. The molecule has 60 valence electrons. The monoisotopic (exact) mass is 144 g/mol. The Balaban J connectivity index is 3.41. The van der Waals surface area contributed by atoms with Gasteiger partial charge in [-0.05, 0) is 19.4 Å². The van der Waals surface area contributed by atoms with E-state index in [1.165, 1.54) is 0 Å². The lowest BCUT2D eigenvalue weighted by molar-refractivity contribution is 0.139. The average molecular weight is 144 g/mol. The Hall–Kier alpha value is -0.500. The molecular formula is C8H16O2.